The molecule has 0 aliphatic carbocycles. The lowest BCUT2D eigenvalue weighted by Crippen LogP contribution is -2.29. The van der Waals surface area contributed by atoms with Crippen LogP contribution in [0.25, 0.3) is 0 Å². The Hall–Kier alpha value is -2.03. The van der Waals surface area contributed by atoms with E-state index in [-0.39, 0.29) is 38.6 Å². The van der Waals surface area contributed by atoms with E-state index in [9.17, 15) is 19.0 Å². The summed E-state index contributed by atoms with van der Waals surface area (Å²) in [6.07, 6.45) is 64.4. The summed E-state index contributed by atoms with van der Waals surface area (Å²) < 4.78 is 33.0. The van der Waals surface area contributed by atoms with Crippen LogP contribution in [0.4, 0.5) is 0 Å². The number of nitrogens with two attached hydrogens (primary N) is 1. The number of hydrogen-bond donors (Lipinski definition) is 2. The topological polar surface area (TPSA) is 134 Å². The van der Waals surface area contributed by atoms with Crippen molar-refractivity contribution in [3.8, 4) is 0 Å². The van der Waals surface area contributed by atoms with Gasteiger partial charge in [-0.1, -0.05) is 229 Å². The second kappa shape index (κ2) is 53.3. The summed E-state index contributed by atoms with van der Waals surface area (Å²) in [6.45, 7) is 3.75. The van der Waals surface area contributed by atoms with Gasteiger partial charge in [-0.15, -0.1) is 0 Å². The van der Waals surface area contributed by atoms with Crippen molar-refractivity contribution in [2.24, 2.45) is 5.73 Å². The van der Waals surface area contributed by atoms with Crippen LogP contribution in [0.2, 0.25) is 0 Å². The number of phosphoric acid groups is 1. The first-order valence-corrected chi connectivity index (χ1v) is 29.6. The van der Waals surface area contributed by atoms with Crippen LogP contribution in [-0.4, -0.2) is 49.3 Å². The van der Waals surface area contributed by atoms with Gasteiger partial charge in [0, 0.05) is 19.4 Å². The summed E-state index contributed by atoms with van der Waals surface area (Å²) in [5.41, 5.74) is 5.38. The molecule has 392 valence electrons. The van der Waals surface area contributed by atoms with Crippen LogP contribution in [-0.2, 0) is 32.7 Å². The summed E-state index contributed by atoms with van der Waals surface area (Å²) in [7, 11) is -4.39. The molecule has 0 aliphatic rings. The fourth-order valence-electron chi connectivity index (χ4n) is 7.99. The number of hydrogen-bond acceptors (Lipinski definition) is 8. The zero-order valence-electron chi connectivity index (χ0n) is 43.6. The number of carbonyl (C=O) groups is 2. The number of rotatable bonds is 53. The number of ether oxygens (including phenoxy) is 2. The van der Waals surface area contributed by atoms with E-state index in [2.05, 4.69) is 62.5 Å². The van der Waals surface area contributed by atoms with Gasteiger partial charge in [-0.3, -0.25) is 18.6 Å². The molecule has 10 heteroatoms. The van der Waals surface area contributed by atoms with Crippen LogP contribution in [0, 0.1) is 0 Å². The number of allylic oxidation sites excluding steroid dienone is 8. The monoisotopic (exact) mass is 964 g/mol. The molecule has 3 N–H and O–H groups in total. The molecule has 2 unspecified atom stereocenters. The van der Waals surface area contributed by atoms with E-state index in [0.29, 0.717) is 6.42 Å². The van der Waals surface area contributed by atoms with Gasteiger partial charge in [-0.25, -0.2) is 4.57 Å². The summed E-state index contributed by atoms with van der Waals surface area (Å²) in [4.78, 5) is 35.1. The van der Waals surface area contributed by atoms with Gasteiger partial charge in [0.15, 0.2) is 6.10 Å². The lowest BCUT2D eigenvalue weighted by molar-refractivity contribution is -0.161. The predicted molar refractivity (Wildman–Crippen MR) is 284 cm³/mol. The molecule has 0 fully saturated rings. The molecule has 0 spiro atoms. The van der Waals surface area contributed by atoms with Crippen LogP contribution >= 0.6 is 7.82 Å². The van der Waals surface area contributed by atoms with Gasteiger partial charge < -0.3 is 20.1 Å². The Balaban J connectivity index is 4.00. The van der Waals surface area contributed by atoms with Crippen LogP contribution in [0.1, 0.15) is 271 Å². The van der Waals surface area contributed by atoms with Gasteiger partial charge in [-0.05, 0) is 77.0 Å². The van der Waals surface area contributed by atoms with Crippen molar-refractivity contribution in [3.63, 3.8) is 0 Å². The third-order valence-corrected chi connectivity index (χ3v) is 13.2. The zero-order valence-corrected chi connectivity index (χ0v) is 44.5. The molecule has 2 atom stereocenters. The second-order valence-electron chi connectivity index (χ2n) is 18.8. The fraction of sp³-hybridized carbons (Fsp3) is 0.825. The maximum atomic E-state index is 12.7. The Kier molecular flexibility index (Phi) is 51.7. The highest BCUT2D eigenvalue weighted by atomic mass is 31.2. The standard InChI is InChI=1S/C57H106NO8P/c1-3-5-7-9-11-13-15-17-19-21-23-25-26-27-28-30-31-33-35-37-39-41-43-45-47-49-56(59)63-53-55(54-65-67(61,62)64-52-51-58)66-57(60)50-48-46-44-42-40-38-36-34-32-29-24-22-20-18-16-14-12-10-8-6-4-2/h16,18,21-24,32,34,55H,3-15,17,19-20,25-31,33,35-54,58H2,1-2H3,(H,61,62)/b18-16-,23-21-,24-22-,34-32-. The summed E-state index contributed by atoms with van der Waals surface area (Å²) >= 11 is 0. The SMILES string of the molecule is CCCCCCC/C=C\C/C=C\C/C=C\CCCCCCCCC(=O)OC(COC(=O)CCCCCCCCCCCCCCC/C=C\CCCCCCCCCC)COP(=O)(O)OCCN. The molecule has 67 heavy (non-hydrogen) atoms. The fourth-order valence-corrected chi connectivity index (χ4v) is 8.76. The highest BCUT2D eigenvalue weighted by molar-refractivity contribution is 7.47. The van der Waals surface area contributed by atoms with Crippen molar-refractivity contribution in [3.05, 3.63) is 48.6 Å². The van der Waals surface area contributed by atoms with E-state index >= 15 is 0 Å². The molecule has 0 aromatic heterocycles. The highest BCUT2D eigenvalue weighted by Crippen LogP contribution is 2.43. The van der Waals surface area contributed by atoms with Gasteiger partial charge in [0.05, 0.1) is 13.2 Å². The largest absolute Gasteiger partial charge is 0.472 e. The molecule has 0 radical (unpaired) electrons. The maximum absolute atomic E-state index is 12.7. The van der Waals surface area contributed by atoms with E-state index in [4.69, 9.17) is 24.3 Å². The zero-order chi connectivity index (χ0) is 48.8. The maximum Gasteiger partial charge on any atom is 0.472 e. The first-order valence-electron chi connectivity index (χ1n) is 28.1. The van der Waals surface area contributed by atoms with Gasteiger partial charge in [0.25, 0.3) is 0 Å². The summed E-state index contributed by atoms with van der Waals surface area (Å²) in [5.74, 6) is -0.834. The lowest BCUT2D eigenvalue weighted by Gasteiger charge is -2.19. The van der Waals surface area contributed by atoms with Crippen LogP contribution in [0.5, 0.6) is 0 Å². The molecule has 9 nitrogen and oxygen atoms in total. The van der Waals surface area contributed by atoms with E-state index in [1.807, 2.05) is 0 Å². The molecule has 0 aromatic rings. The van der Waals surface area contributed by atoms with Gasteiger partial charge in [0.2, 0.25) is 0 Å². The third-order valence-electron chi connectivity index (χ3n) is 12.2. The van der Waals surface area contributed by atoms with Crippen LogP contribution in [0.3, 0.4) is 0 Å². The Morgan fingerprint density at radius 1 is 0.448 bits per heavy atom. The minimum atomic E-state index is -4.39. The Bertz CT molecular complexity index is 1240. The predicted octanol–water partition coefficient (Wildman–Crippen LogP) is 17.4. The van der Waals surface area contributed by atoms with Crippen LogP contribution in [0.15, 0.2) is 48.6 Å². The molecule has 0 bridgehead atoms. The Labute approximate surface area is 413 Å². The molecule has 0 heterocycles. The number of carbonyl (C=O) groups excluding carboxylic acids is 2. The molecule has 0 saturated carbocycles. The Morgan fingerprint density at radius 3 is 1.16 bits per heavy atom. The van der Waals surface area contributed by atoms with Crippen molar-refractivity contribution in [1.29, 1.82) is 0 Å². The minimum Gasteiger partial charge on any atom is -0.462 e. The van der Waals surface area contributed by atoms with Crippen LogP contribution < -0.4 is 5.73 Å². The first kappa shape index (κ1) is 65.0. The average molecular weight is 964 g/mol. The third kappa shape index (κ3) is 53.2. The van der Waals surface area contributed by atoms with E-state index in [0.717, 1.165) is 70.6 Å². The van der Waals surface area contributed by atoms with E-state index in [1.165, 1.54) is 167 Å². The van der Waals surface area contributed by atoms with Gasteiger partial charge in [-0.2, -0.15) is 0 Å². The normalized spacial score (nSPS) is 13.4. The molecule has 0 aliphatic heterocycles. The number of unbranched alkanes of at least 4 members (excludes halogenated alkanes) is 32. The first-order chi connectivity index (χ1) is 32.8. The average Bonchev–Trinajstić information content (AvgIpc) is 3.32. The molecule has 0 rings (SSSR count). The Morgan fingerprint density at radius 2 is 0.776 bits per heavy atom. The van der Waals surface area contributed by atoms with Gasteiger partial charge >= 0.3 is 19.8 Å². The smallest absolute Gasteiger partial charge is 0.462 e. The summed E-state index contributed by atoms with van der Waals surface area (Å²) in [5, 5.41) is 0. The van der Waals surface area contributed by atoms with Crippen molar-refractivity contribution in [2.75, 3.05) is 26.4 Å². The quantitative estimate of drug-likeness (QED) is 0.0264. The van der Waals surface area contributed by atoms with Crippen molar-refractivity contribution in [1.82, 2.24) is 0 Å². The van der Waals surface area contributed by atoms with Crippen molar-refractivity contribution in [2.45, 2.75) is 277 Å². The number of phosphoric ester groups is 1. The van der Waals surface area contributed by atoms with Crippen molar-refractivity contribution >= 4 is 19.8 Å². The number of esters is 2. The van der Waals surface area contributed by atoms with E-state index < -0.39 is 26.5 Å². The minimum absolute atomic E-state index is 0.0504. The second-order valence-corrected chi connectivity index (χ2v) is 20.3. The molecule has 0 amide bonds. The van der Waals surface area contributed by atoms with Crippen molar-refractivity contribution < 1.29 is 37.6 Å². The molecule has 0 saturated heterocycles. The summed E-state index contributed by atoms with van der Waals surface area (Å²) in [6, 6.07) is 0. The lowest BCUT2D eigenvalue weighted by atomic mass is 10.0. The highest BCUT2D eigenvalue weighted by Gasteiger charge is 2.26. The molecule has 0 aromatic carbocycles. The van der Waals surface area contributed by atoms with Gasteiger partial charge in [0.1, 0.15) is 6.61 Å². The molecular weight excluding hydrogens is 858 g/mol. The molecular formula is C57H106NO8P. The van der Waals surface area contributed by atoms with E-state index in [1.54, 1.807) is 0 Å².